The van der Waals surface area contributed by atoms with Gasteiger partial charge >= 0.3 is 0 Å². The lowest BCUT2D eigenvalue weighted by molar-refractivity contribution is -0.110. The highest BCUT2D eigenvalue weighted by Crippen LogP contribution is 2.33. The maximum atomic E-state index is 14.3. The van der Waals surface area contributed by atoms with E-state index in [0.717, 1.165) is 19.6 Å². The number of hydrogen-bond donors (Lipinski definition) is 3. The number of anilines is 3. The summed E-state index contributed by atoms with van der Waals surface area (Å²) in [7, 11) is 0. The van der Waals surface area contributed by atoms with Gasteiger partial charge in [-0.3, -0.25) is 4.79 Å². The van der Waals surface area contributed by atoms with Crippen molar-refractivity contribution in [1.82, 2.24) is 4.90 Å². The van der Waals surface area contributed by atoms with Gasteiger partial charge in [0.25, 0.3) is 5.91 Å². The highest BCUT2D eigenvalue weighted by molar-refractivity contribution is 6.31. The van der Waals surface area contributed by atoms with Crippen LogP contribution in [0.2, 0.25) is 0 Å². The van der Waals surface area contributed by atoms with Crippen molar-refractivity contribution < 1.29 is 13.6 Å². The molecule has 0 saturated carbocycles. The largest absolute Gasteiger partial charge is 0.381 e. The molecule has 0 bridgehead atoms. The number of benzene rings is 2. The summed E-state index contributed by atoms with van der Waals surface area (Å²) in [5.74, 6) is -1.28. The Morgan fingerprint density at radius 1 is 1.11 bits per heavy atom. The number of hydrogen-bond acceptors (Lipinski definition) is 4. The summed E-state index contributed by atoms with van der Waals surface area (Å²) in [6, 6.07) is 9.15. The van der Waals surface area contributed by atoms with E-state index < -0.39 is 17.5 Å². The van der Waals surface area contributed by atoms with Crippen molar-refractivity contribution in [3.05, 3.63) is 59.8 Å². The van der Waals surface area contributed by atoms with Crippen LogP contribution in [0.1, 0.15) is 19.4 Å². The van der Waals surface area contributed by atoms with Gasteiger partial charge in [0, 0.05) is 30.5 Å². The predicted octanol–water partition coefficient (Wildman–Crippen LogP) is 4.12. The van der Waals surface area contributed by atoms with Gasteiger partial charge in [-0.1, -0.05) is 19.9 Å². The molecule has 0 unspecified atom stereocenters. The second-order valence-corrected chi connectivity index (χ2v) is 6.47. The van der Waals surface area contributed by atoms with Crippen LogP contribution in [-0.4, -0.2) is 37.0 Å². The highest BCUT2D eigenvalue weighted by atomic mass is 19.1. The Morgan fingerprint density at radius 3 is 2.61 bits per heavy atom. The Kier molecular flexibility index (Phi) is 6.26. The van der Waals surface area contributed by atoms with Gasteiger partial charge < -0.3 is 20.9 Å². The monoisotopic (exact) mass is 386 g/mol. The van der Waals surface area contributed by atoms with Crippen molar-refractivity contribution in [3.63, 3.8) is 0 Å². The van der Waals surface area contributed by atoms with Gasteiger partial charge in [0.05, 0.1) is 16.9 Å². The Labute approximate surface area is 163 Å². The lowest BCUT2D eigenvalue weighted by atomic mass is 10.1. The zero-order chi connectivity index (χ0) is 20.1. The van der Waals surface area contributed by atoms with Crippen LogP contribution in [0.5, 0.6) is 0 Å². The Morgan fingerprint density at radius 2 is 1.89 bits per heavy atom. The summed E-state index contributed by atoms with van der Waals surface area (Å²) < 4.78 is 28.4. The zero-order valence-corrected chi connectivity index (χ0v) is 16.0. The first-order chi connectivity index (χ1) is 13.5. The van der Waals surface area contributed by atoms with E-state index in [1.165, 1.54) is 24.4 Å². The lowest BCUT2D eigenvalue weighted by Crippen LogP contribution is -2.28. The topological polar surface area (TPSA) is 56.4 Å². The molecule has 1 amide bonds. The summed E-state index contributed by atoms with van der Waals surface area (Å²) in [5, 5.41) is 8.58. The number of fused-ring (bicyclic) bond motifs is 1. The van der Waals surface area contributed by atoms with E-state index in [2.05, 4.69) is 34.7 Å². The Balaban J connectivity index is 1.67. The maximum Gasteiger partial charge on any atom is 0.257 e. The number of rotatable bonds is 8. The zero-order valence-electron chi connectivity index (χ0n) is 16.0. The van der Waals surface area contributed by atoms with Crippen LogP contribution in [-0.2, 0) is 4.79 Å². The van der Waals surface area contributed by atoms with Crippen molar-refractivity contribution >= 4 is 28.5 Å². The molecule has 1 aliphatic heterocycles. The average Bonchev–Trinajstić information content (AvgIpc) is 3.01. The van der Waals surface area contributed by atoms with E-state index in [1.807, 2.05) is 0 Å². The number of amides is 1. The Hall–Kier alpha value is -2.93. The highest BCUT2D eigenvalue weighted by Gasteiger charge is 2.27. The number of halogens is 2. The first kappa shape index (κ1) is 19.8. The van der Waals surface area contributed by atoms with E-state index in [9.17, 15) is 13.6 Å². The minimum absolute atomic E-state index is 0.176. The number of carbonyl (C=O) groups is 1. The summed E-state index contributed by atoms with van der Waals surface area (Å²) in [4.78, 5) is 14.3. The molecule has 0 saturated heterocycles. The number of nitrogens with one attached hydrogen (secondary N) is 3. The van der Waals surface area contributed by atoms with Crippen molar-refractivity contribution in [3.8, 4) is 0 Å². The van der Waals surface area contributed by atoms with Crippen LogP contribution >= 0.6 is 0 Å². The van der Waals surface area contributed by atoms with Crippen LogP contribution in [0, 0.1) is 11.6 Å². The molecule has 7 heteroatoms. The third-order valence-corrected chi connectivity index (χ3v) is 4.77. The fourth-order valence-electron chi connectivity index (χ4n) is 3.14. The smallest absolute Gasteiger partial charge is 0.257 e. The van der Waals surface area contributed by atoms with Gasteiger partial charge in [0.1, 0.15) is 11.6 Å². The van der Waals surface area contributed by atoms with Crippen LogP contribution in [0.25, 0.3) is 5.57 Å². The summed E-state index contributed by atoms with van der Waals surface area (Å²) in [6.45, 7) is 7.57. The minimum Gasteiger partial charge on any atom is -0.381 e. The second kappa shape index (κ2) is 8.84. The molecule has 2 aromatic carbocycles. The van der Waals surface area contributed by atoms with Crippen molar-refractivity contribution in [2.45, 2.75) is 13.8 Å². The fourth-order valence-corrected chi connectivity index (χ4v) is 3.14. The molecule has 1 aliphatic rings. The van der Waals surface area contributed by atoms with Gasteiger partial charge in [0.2, 0.25) is 0 Å². The normalized spacial score (nSPS) is 14.3. The van der Waals surface area contributed by atoms with Gasteiger partial charge in [-0.2, -0.15) is 0 Å². The molecule has 3 rings (SSSR count). The average molecular weight is 386 g/mol. The molecule has 3 N–H and O–H groups in total. The SMILES string of the molecule is CCN(CC)CCNc1ccc(N/C=C2/C(=O)Nc3cccc(F)c32)cc1F. The van der Waals surface area contributed by atoms with Gasteiger partial charge in [-0.05, 0) is 43.4 Å². The van der Waals surface area contributed by atoms with Crippen LogP contribution in [0.15, 0.2) is 42.6 Å². The van der Waals surface area contributed by atoms with E-state index >= 15 is 0 Å². The van der Waals surface area contributed by atoms with E-state index in [0.29, 0.717) is 23.6 Å². The third kappa shape index (κ3) is 4.31. The lowest BCUT2D eigenvalue weighted by Gasteiger charge is -2.18. The van der Waals surface area contributed by atoms with Crippen LogP contribution < -0.4 is 16.0 Å². The first-order valence-electron chi connectivity index (χ1n) is 9.36. The molecule has 2 aromatic rings. The summed E-state index contributed by atoms with van der Waals surface area (Å²) in [6.07, 6.45) is 1.40. The number of carbonyl (C=O) groups excluding carboxylic acids is 1. The molecule has 0 radical (unpaired) electrons. The first-order valence-corrected chi connectivity index (χ1v) is 9.36. The third-order valence-electron chi connectivity index (χ3n) is 4.77. The molecule has 0 atom stereocenters. The second-order valence-electron chi connectivity index (χ2n) is 6.47. The van der Waals surface area contributed by atoms with Gasteiger partial charge in [-0.25, -0.2) is 8.78 Å². The standard InChI is InChI=1S/C21H24F2N4O/c1-3-27(4-2)11-10-24-18-9-8-14(12-17(18)23)25-13-15-20-16(22)6-5-7-19(20)26-21(15)28/h5-9,12-13,24-25H,3-4,10-11H2,1-2H3,(H,26,28)/b15-13+. The molecule has 0 aromatic heterocycles. The van der Waals surface area contributed by atoms with Gasteiger partial charge in [0.15, 0.2) is 0 Å². The quantitative estimate of drug-likeness (QED) is 0.598. The van der Waals surface area contributed by atoms with E-state index in [1.54, 1.807) is 18.2 Å². The summed E-state index contributed by atoms with van der Waals surface area (Å²) >= 11 is 0. The molecule has 0 fully saturated rings. The van der Waals surface area contributed by atoms with Crippen molar-refractivity contribution in [2.24, 2.45) is 0 Å². The summed E-state index contributed by atoms with van der Waals surface area (Å²) in [5.41, 5.74) is 1.71. The van der Waals surface area contributed by atoms with Crippen LogP contribution in [0.3, 0.4) is 0 Å². The predicted molar refractivity (Wildman–Crippen MR) is 109 cm³/mol. The van der Waals surface area contributed by atoms with Crippen molar-refractivity contribution in [1.29, 1.82) is 0 Å². The number of nitrogens with zero attached hydrogens (tertiary/aromatic N) is 1. The molecule has 0 aliphatic carbocycles. The van der Waals surface area contributed by atoms with E-state index in [4.69, 9.17) is 0 Å². The Bertz CT molecular complexity index is 894. The molecule has 1 heterocycles. The van der Waals surface area contributed by atoms with Crippen LogP contribution in [0.4, 0.5) is 25.8 Å². The molecular weight excluding hydrogens is 362 g/mol. The fraction of sp³-hybridized carbons (Fsp3) is 0.286. The molecule has 28 heavy (non-hydrogen) atoms. The number of likely N-dealkylation sites (N-methyl/N-ethyl adjacent to an activating group) is 1. The molecule has 0 spiro atoms. The molecular formula is C21H24F2N4O. The van der Waals surface area contributed by atoms with Gasteiger partial charge in [-0.15, -0.1) is 0 Å². The maximum absolute atomic E-state index is 14.3. The molecule has 148 valence electrons. The van der Waals surface area contributed by atoms with Crippen molar-refractivity contribution in [2.75, 3.05) is 42.1 Å². The minimum atomic E-state index is -0.483. The van der Waals surface area contributed by atoms with E-state index in [-0.39, 0.29) is 11.1 Å². The molecule has 5 nitrogen and oxygen atoms in total.